The van der Waals surface area contributed by atoms with Crippen LogP contribution in [0.2, 0.25) is 5.02 Å². The second-order valence-electron chi connectivity index (χ2n) is 6.14. The number of hydrogen-bond acceptors (Lipinski definition) is 6. The van der Waals surface area contributed by atoms with Gasteiger partial charge in [-0.1, -0.05) is 17.7 Å². The van der Waals surface area contributed by atoms with Gasteiger partial charge in [0.15, 0.2) is 0 Å². The lowest BCUT2D eigenvalue weighted by Crippen LogP contribution is -2.47. The van der Waals surface area contributed by atoms with Gasteiger partial charge in [-0.2, -0.15) is 0 Å². The largest absolute Gasteiger partial charge is 0.349 e. The van der Waals surface area contributed by atoms with Crippen LogP contribution in [0.3, 0.4) is 0 Å². The fourth-order valence-corrected chi connectivity index (χ4v) is 5.73. The molecule has 1 aliphatic rings. The molecule has 0 spiro atoms. The third-order valence-electron chi connectivity index (χ3n) is 4.26. The van der Waals surface area contributed by atoms with E-state index in [2.05, 4.69) is 10.3 Å². The predicted octanol–water partition coefficient (Wildman–Crippen LogP) is 4.36. The Balaban J connectivity index is 1.38. The van der Waals surface area contributed by atoms with Crippen molar-refractivity contribution in [2.75, 3.05) is 11.6 Å². The van der Waals surface area contributed by atoms with Crippen LogP contribution in [0.1, 0.15) is 16.1 Å². The van der Waals surface area contributed by atoms with Gasteiger partial charge >= 0.3 is 0 Å². The van der Waals surface area contributed by atoms with Crippen molar-refractivity contribution in [1.29, 1.82) is 0 Å². The van der Waals surface area contributed by atoms with Crippen molar-refractivity contribution >= 4 is 57.9 Å². The number of halogens is 1. The molecule has 1 saturated heterocycles. The van der Waals surface area contributed by atoms with Crippen LogP contribution < -0.4 is 5.32 Å². The van der Waals surface area contributed by atoms with Crippen molar-refractivity contribution < 1.29 is 9.59 Å². The molecule has 4 rings (SSSR count). The van der Waals surface area contributed by atoms with E-state index in [0.717, 1.165) is 15.6 Å². The number of aromatic nitrogens is 1. The van der Waals surface area contributed by atoms with E-state index in [1.54, 1.807) is 63.6 Å². The molecule has 1 atom stereocenters. The van der Waals surface area contributed by atoms with Gasteiger partial charge in [-0.15, -0.1) is 34.4 Å². The summed E-state index contributed by atoms with van der Waals surface area (Å²) in [6.07, 6.45) is 0. The van der Waals surface area contributed by atoms with Crippen LogP contribution in [0, 0.1) is 0 Å². The third kappa shape index (κ3) is 4.25. The highest BCUT2D eigenvalue weighted by molar-refractivity contribution is 7.99. The molecule has 28 heavy (non-hydrogen) atoms. The van der Waals surface area contributed by atoms with Crippen LogP contribution >= 0.6 is 46.0 Å². The molecule has 0 saturated carbocycles. The zero-order valence-electron chi connectivity index (χ0n) is 14.6. The summed E-state index contributed by atoms with van der Waals surface area (Å²) in [7, 11) is 0. The number of thioether (sulfide) groups is 1. The Labute approximate surface area is 179 Å². The fourth-order valence-electron chi connectivity index (χ4n) is 2.82. The van der Waals surface area contributed by atoms with E-state index in [4.69, 9.17) is 11.6 Å². The summed E-state index contributed by atoms with van der Waals surface area (Å²) in [5.74, 6) is 0.773. The minimum Gasteiger partial charge on any atom is -0.349 e. The zero-order valence-corrected chi connectivity index (χ0v) is 17.8. The maximum atomic E-state index is 12.8. The topological polar surface area (TPSA) is 62.3 Å². The molecule has 1 aliphatic heterocycles. The first-order chi connectivity index (χ1) is 13.6. The maximum absolute atomic E-state index is 12.8. The molecule has 3 aromatic rings. The van der Waals surface area contributed by atoms with Gasteiger partial charge in [0.2, 0.25) is 5.91 Å². The summed E-state index contributed by atoms with van der Waals surface area (Å²) in [4.78, 5) is 32.8. The summed E-state index contributed by atoms with van der Waals surface area (Å²) in [6.45, 7) is 0.352. The summed E-state index contributed by atoms with van der Waals surface area (Å²) < 4.78 is 0. The van der Waals surface area contributed by atoms with Crippen molar-refractivity contribution in [3.8, 4) is 9.88 Å². The van der Waals surface area contributed by atoms with E-state index in [1.165, 1.54) is 0 Å². The van der Waals surface area contributed by atoms with E-state index in [0.29, 0.717) is 28.8 Å². The van der Waals surface area contributed by atoms with Crippen LogP contribution in [-0.4, -0.2) is 39.4 Å². The lowest BCUT2D eigenvalue weighted by Gasteiger charge is -2.23. The average molecular weight is 450 g/mol. The molecule has 1 aromatic carbocycles. The van der Waals surface area contributed by atoms with Crippen LogP contribution in [0.4, 0.5) is 0 Å². The second-order valence-corrected chi connectivity index (χ2v) is 9.38. The molecule has 1 N–H and O–H groups in total. The van der Waals surface area contributed by atoms with Gasteiger partial charge in [-0.05, 0) is 35.7 Å². The lowest BCUT2D eigenvalue weighted by molar-refractivity contribution is -0.124. The van der Waals surface area contributed by atoms with Gasteiger partial charge < -0.3 is 10.2 Å². The first-order valence-electron chi connectivity index (χ1n) is 8.52. The molecular weight excluding hydrogens is 434 g/mol. The Morgan fingerprint density at radius 3 is 2.79 bits per heavy atom. The minimum atomic E-state index is -0.483. The van der Waals surface area contributed by atoms with E-state index in [-0.39, 0.29) is 11.8 Å². The fraction of sp³-hybridized carbons (Fsp3) is 0.211. The van der Waals surface area contributed by atoms with E-state index in [9.17, 15) is 9.59 Å². The molecule has 0 aliphatic carbocycles. The van der Waals surface area contributed by atoms with Crippen LogP contribution in [0.15, 0.2) is 47.2 Å². The molecule has 5 nitrogen and oxygen atoms in total. The molecule has 0 radical (unpaired) electrons. The number of benzene rings is 1. The monoisotopic (exact) mass is 449 g/mol. The zero-order chi connectivity index (χ0) is 19.5. The minimum absolute atomic E-state index is 0.155. The quantitative estimate of drug-likeness (QED) is 0.628. The van der Waals surface area contributed by atoms with E-state index < -0.39 is 6.04 Å². The number of rotatable bonds is 5. The van der Waals surface area contributed by atoms with Crippen molar-refractivity contribution in [2.24, 2.45) is 0 Å². The van der Waals surface area contributed by atoms with Crippen molar-refractivity contribution in [3.63, 3.8) is 0 Å². The Morgan fingerprint density at radius 1 is 1.21 bits per heavy atom. The summed E-state index contributed by atoms with van der Waals surface area (Å²) in [5.41, 5.74) is 1.35. The first kappa shape index (κ1) is 19.4. The normalized spacial score (nSPS) is 16.3. The Morgan fingerprint density at radius 2 is 2.04 bits per heavy atom. The predicted molar refractivity (Wildman–Crippen MR) is 116 cm³/mol. The molecule has 1 fully saturated rings. The number of hydrogen-bond donors (Lipinski definition) is 1. The SMILES string of the molecule is O=C(NCc1csc(-c2cccs2)n1)C1CSCN1C(=O)c1ccc(Cl)cc1. The summed E-state index contributed by atoms with van der Waals surface area (Å²) >= 11 is 10.7. The number of carbonyl (C=O) groups excluding carboxylic acids is 2. The molecular formula is C19H16ClN3O2S3. The molecule has 1 unspecified atom stereocenters. The number of carbonyl (C=O) groups is 2. The number of nitrogens with one attached hydrogen (secondary N) is 1. The van der Waals surface area contributed by atoms with Gasteiger partial charge in [0.05, 0.1) is 23.0 Å². The van der Waals surface area contributed by atoms with Crippen molar-refractivity contribution in [3.05, 3.63) is 63.4 Å². The highest BCUT2D eigenvalue weighted by Gasteiger charge is 2.35. The van der Waals surface area contributed by atoms with Gasteiger partial charge in [0.1, 0.15) is 11.0 Å². The smallest absolute Gasteiger partial charge is 0.255 e. The Bertz CT molecular complexity index is 973. The summed E-state index contributed by atoms with van der Waals surface area (Å²) in [6, 6.07) is 10.3. The molecule has 144 valence electrons. The highest BCUT2D eigenvalue weighted by atomic mass is 35.5. The average Bonchev–Trinajstić information content (AvgIpc) is 3.47. The molecule has 9 heteroatoms. The van der Waals surface area contributed by atoms with E-state index >= 15 is 0 Å². The Hall–Kier alpha value is -1.87. The van der Waals surface area contributed by atoms with Crippen LogP contribution in [0.25, 0.3) is 9.88 Å². The van der Waals surface area contributed by atoms with Crippen LogP contribution in [-0.2, 0) is 11.3 Å². The van der Waals surface area contributed by atoms with Gasteiger partial charge in [-0.25, -0.2) is 4.98 Å². The molecule has 0 bridgehead atoms. The number of thiazole rings is 1. The van der Waals surface area contributed by atoms with Gasteiger partial charge in [0, 0.05) is 21.7 Å². The Kier molecular flexibility index (Phi) is 6.01. The highest BCUT2D eigenvalue weighted by Crippen LogP contribution is 2.28. The van der Waals surface area contributed by atoms with Crippen molar-refractivity contribution in [2.45, 2.75) is 12.6 Å². The number of amides is 2. The van der Waals surface area contributed by atoms with Crippen LogP contribution in [0.5, 0.6) is 0 Å². The molecule has 3 heterocycles. The standard InChI is InChI=1S/C19H16ClN3O2S3/c20-13-5-3-12(4-6-13)19(25)23-11-26-10-15(23)17(24)21-8-14-9-28-18(22-14)16-2-1-7-27-16/h1-7,9,15H,8,10-11H2,(H,21,24). The number of thiophene rings is 1. The second kappa shape index (κ2) is 8.65. The van der Waals surface area contributed by atoms with Gasteiger partial charge in [-0.3, -0.25) is 9.59 Å². The van der Waals surface area contributed by atoms with E-state index in [1.807, 2.05) is 22.9 Å². The summed E-state index contributed by atoms with van der Waals surface area (Å²) in [5, 5.41) is 8.42. The maximum Gasteiger partial charge on any atom is 0.255 e. The third-order valence-corrected chi connectivity index (χ3v) is 7.46. The van der Waals surface area contributed by atoms with Crippen molar-refractivity contribution in [1.82, 2.24) is 15.2 Å². The molecule has 2 amide bonds. The first-order valence-corrected chi connectivity index (χ1v) is 11.8. The lowest BCUT2D eigenvalue weighted by atomic mass is 10.1. The van der Waals surface area contributed by atoms with Gasteiger partial charge in [0.25, 0.3) is 5.91 Å². The molecule has 2 aromatic heterocycles. The number of nitrogens with zero attached hydrogens (tertiary/aromatic N) is 2.